The van der Waals surface area contributed by atoms with Crippen LogP contribution in [0.1, 0.15) is 35.6 Å². The van der Waals surface area contributed by atoms with Crippen LogP contribution < -0.4 is 10.1 Å². The zero-order chi connectivity index (χ0) is 18.9. The van der Waals surface area contributed by atoms with Crippen molar-refractivity contribution >= 4 is 17.7 Å². The predicted octanol–water partition coefficient (Wildman–Crippen LogP) is 4.82. The summed E-state index contributed by atoms with van der Waals surface area (Å²) >= 11 is 1.83. The van der Waals surface area contributed by atoms with Gasteiger partial charge in [0.2, 0.25) is 0 Å². The van der Waals surface area contributed by atoms with Crippen LogP contribution in [-0.4, -0.2) is 24.3 Å². The summed E-state index contributed by atoms with van der Waals surface area (Å²) < 4.78 is 5.91. The number of thioether (sulfide) groups is 1. The quantitative estimate of drug-likeness (QED) is 0.642. The molecule has 26 heavy (non-hydrogen) atoms. The second-order valence-electron chi connectivity index (χ2n) is 6.67. The van der Waals surface area contributed by atoms with Gasteiger partial charge in [-0.3, -0.25) is 4.79 Å². The second-order valence-corrected chi connectivity index (χ2v) is 7.77. The van der Waals surface area contributed by atoms with Crippen LogP contribution in [0, 0.1) is 20.8 Å². The summed E-state index contributed by atoms with van der Waals surface area (Å²) in [4.78, 5) is 12.4. The van der Waals surface area contributed by atoms with E-state index in [4.69, 9.17) is 4.74 Å². The number of carbonyl (C=O) groups is 1. The minimum atomic E-state index is -0.446. The van der Waals surface area contributed by atoms with Gasteiger partial charge in [0.25, 0.3) is 5.91 Å². The molecule has 1 atom stereocenters. The molecule has 0 unspecified atom stereocenters. The highest BCUT2D eigenvalue weighted by Gasteiger charge is 2.18. The third-order valence-electron chi connectivity index (χ3n) is 4.07. The van der Waals surface area contributed by atoms with E-state index >= 15 is 0 Å². The average Bonchev–Trinajstić information content (AvgIpc) is 2.60. The number of hydrogen-bond donors (Lipinski definition) is 1. The maximum atomic E-state index is 12.4. The van der Waals surface area contributed by atoms with Crippen molar-refractivity contribution in [3.63, 3.8) is 0 Å². The molecule has 0 saturated heterocycles. The lowest BCUT2D eigenvalue weighted by Gasteiger charge is -2.18. The van der Waals surface area contributed by atoms with E-state index in [1.54, 1.807) is 0 Å². The summed E-state index contributed by atoms with van der Waals surface area (Å²) in [5.74, 6) is 2.58. The number of ether oxygens (including phenoxy) is 1. The molecule has 2 aromatic carbocycles. The summed E-state index contributed by atoms with van der Waals surface area (Å²) in [5.41, 5.74) is 4.88. The molecule has 0 fully saturated rings. The standard InChI is InChI=1S/C22H29NO2S/c1-5-21(25-20-13-17(3)12-18(4)14-20)22(24)23-10-11-26-15-19-8-6-16(2)7-9-19/h6-9,12-14,21H,5,10-11,15H2,1-4H3,(H,23,24)/t21-/m1/s1. The molecule has 1 N–H and O–H groups in total. The van der Waals surface area contributed by atoms with Crippen molar-refractivity contribution in [2.45, 2.75) is 46.0 Å². The van der Waals surface area contributed by atoms with Gasteiger partial charge in [0.1, 0.15) is 5.75 Å². The number of carbonyl (C=O) groups excluding carboxylic acids is 1. The lowest BCUT2D eigenvalue weighted by molar-refractivity contribution is -0.127. The molecule has 2 rings (SSSR count). The highest BCUT2D eigenvalue weighted by Crippen LogP contribution is 2.18. The maximum Gasteiger partial charge on any atom is 0.261 e. The molecule has 0 bridgehead atoms. The van der Waals surface area contributed by atoms with Gasteiger partial charge in [0.05, 0.1) is 0 Å². The Balaban J connectivity index is 1.73. The fourth-order valence-electron chi connectivity index (χ4n) is 2.72. The van der Waals surface area contributed by atoms with Crippen LogP contribution in [-0.2, 0) is 10.5 Å². The van der Waals surface area contributed by atoms with Crippen molar-refractivity contribution in [1.29, 1.82) is 0 Å². The Morgan fingerprint density at radius 3 is 2.31 bits per heavy atom. The van der Waals surface area contributed by atoms with E-state index < -0.39 is 6.10 Å². The molecule has 0 aliphatic heterocycles. The SMILES string of the molecule is CC[C@@H](Oc1cc(C)cc(C)c1)C(=O)NCCSCc1ccc(C)cc1. The third-order valence-corrected chi connectivity index (χ3v) is 5.10. The number of hydrogen-bond acceptors (Lipinski definition) is 3. The van der Waals surface area contributed by atoms with Gasteiger partial charge in [-0.1, -0.05) is 42.8 Å². The topological polar surface area (TPSA) is 38.3 Å². The molecular formula is C22H29NO2S. The van der Waals surface area contributed by atoms with E-state index in [1.165, 1.54) is 11.1 Å². The van der Waals surface area contributed by atoms with Gasteiger partial charge in [0.15, 0.2) is 6.10 Å². The zero-order valence-corrected chi connectivity index (χ0v) is 17.0. The third kappa shape index (κ3) is 6.75. The van der Waals surface area contributed by atoms with Crippen LogP contribution >= 0.6 is 11.8 Å². The first-order valence-electron chi connectivity index (χ1n) is 9.14. The molecule has 0 heterocycles. The number of benzene rings is 2. The number of aryl methyl sites for hydroxylation is 3. The minimum Gasteiger partial charge on any atom is -0.481 e. The Morgan fingerprint density at radius 2 is 1.69 bits per heavy atom. The van der Waals surface area contributed by atoms with Crippen molar-refractivity contribution in [2.24, 2.45) is 0 Å². The highest BCUT2D eigenvalue weighted by atomic mass is 32.2. The molecule has 0 radical (unpaired) electrons. The van der Waals surface area contributed by atoms with E-state index in [9.17, 15) is 4.79 Å². The average molecular weight is 372 g/mol. The lowest BCUT2D eigenvalue weighted by Crippen LogP contribution is -2.39. The molecule has 0 aromatic heterocycles. The van der Waals surface area contributed by atoms with Crippen molar-refractivity contribution in [1.82, 2.24) is 5.32 Å². The fraction of sp³-hybridized carbons (Fsp3) is 0.409. The van der Waals surface area contributed by atoms with Gasteiger partial charge in [-0.2, -0.15) is 11.8 Å². The molecule has 0 saturated carbocycles. The molecule has 3 nitrogen and oxygen atoms in total. The number of rotatable bonds is 9. The second kappa shape index (κ2) is 10.3. The van der Waals surface area contributed by atoms with Crippen LogP contribution in [0.3, 0.4) is 0 Å². The van der Waals surface area contributed by atoms with Crippen molar-refractivity contribution in [2.75, 3.05) is 12.3 Å². The van der Waals surface area contributed by atoms with Gasteiger partial charge in [-0.05, 0) is 56.0 Å². The van der Waals surface area contributed by atoms with Crippen LogP contribution in [0.4, 0.5) is 0 Å². The smallest absolute Gasteiger partial charge is 0.261 e. The predicted molar refractivity (Wildman–Crippen MR) is 111 cm³/mol. The van der Waals surface area contributed by atoms with Crippen LogP contribution in [0.25, 0.3) is 0 Å². The molecule has 0 aliphatic carbocycles. The van der Waals surface area contributed by atoms with Crippen LogP contribution in [0.15, 0.2) is 42.5 Å². The molecule has 2 aromatic rings. The normalized spacial score (nSPS) is 11.8. The Bertz CT molecular complexity index is 692. The Morgan fingerprint density at radius 1 is 1.04 bits per heavy atom. The van der Waals surface area contributed by atoms with Crippen LogP contribution in [0.5, 0.6) is 5.75 Å². The van der Waals surface area contributed by atoms with Crippen molar-refractivity contribution in [3.05, 3.63) is 64.7 Å². The van der Waals surface area contributed by atoms with Crippen LogP contribution in [0.2, 0.25) is 0 Å². The van der Waals surface area contributed by atoms with Gasteiger partial charge >= 0.3 is 0 Å². The fourth-order valence-corrected chi connectivity index (χ4v) is 3.54. The molecular weight excluding hydrogens is 342 g/mol. The van der Waals surface area contributed by atoms with E-state index in [-0.39, 0.29) is 5.91 Å². The molecule has 1 amide bonds. The summed E-state index contributed by atoms with van der Waals surface area (Å²) in [5, 5.41) is 2.99. The first-order chi connectivity index (χ1) is 12.5. The maximum absolute atomic E-state index is 12.4. The summed E-state index contributed by atoms with van der Waals surface area (Å²) in [6.07, 6.45) is 0.202. The number of amides is 1. The van der Waals surface area contributed by atoms with Gasteiger partial charge in [-0.15, -0.1) is 0 Å². The Labute approximate surface area is 161 Å². The van der Waals surface area contributed by atoms with Crippen molar-refractivity contribution < 1.29 is 9.53 Å². The van der Waals surface area contributed by atoms with E-state index in [2.05, 4.69) is 42.6 Å². The summed E-state index contributed by atoms with van der Waals surface area (Å²) in [7, 11) is 0. The van der Waals surface area contributed by atoms with Gasteiger partial charge in [-0.25, -0.2) is 0 Å². The minimum absolute atomic E-state index is 0.0393. The van der Waals surface area contributed by atoms with E-state index in [1.807, 2.05) is 44.7 Å². The molecule has 0 spiro atoms. The molecule has 0 aliphatic rings. The van der Waals surface area contributed by atoms with E-state index in [0.29, 0.717) is 13.0 Å². The first-order valence-corrected chi connectivity index (χ1v) is 10.3. The summed E-state index contributed by atoms with van der Waals surface area (Å²) in [6, 6.07) is 14.6. The first kappa shape index (κ1) is 20.4. The van der Waals surface area contributed by atoms with Gasteiger partial charge < -0.3 is 10.1 Å². The van der Waals surface area contributed by atoms with E-state index in [0.717, 1.165) is 28.4 Å². The monoisotopic (exact) mass is 371 g/mol. The largest absolute Gasteiger partial charge is 0.481 e. The van der Waals surface area contributed by atoms with Gasteiger partial charge in [0, 0.05) is 18.1 Å². The Hall–Kier alpha value is -1.94. The lowest BCUT2D eigenvalue weighted by atomic mass is 10.1. The Kier molecular flexibility index (Phi) is 8.05. The molecule has 4 heteroatoms. The summed E-state index contributed by atoms with van der Waals surface area (Å²) in [6.45, 7) is 8.79. The highest BCUT2D eigenvalue weighted by molar-refractivity contribution is 7.98. The van der Waals surface area contributed by atoms with Crippen molar-refractivity contribution in [3.8, 4) is 5.75 Å². The molecule has 140 valence electrons. The zero-order valence-electron chi connectivity index (χ0n) is 16.2. The number of nitrogens with one attached hydrogen (secondary N) is 1.